The zero-order valence-electron chi connectivity index (χ0n) is 15.9. The van der Waals surface area contributed by atoms with E-state index in [1.807, 2.05) is 30.5 Å². The van der Waals surface area contributed by atoms with Crippen LogP contribution in [-0.2, 0) is 29.0 Å². The van der Waals surface area contributed by atoms with Gasteiger partial charge < -0.3 is 9.55 Å². The molecule has 4 aromatic rings. The van der Waals surface area contributed by atoms with E-state index in [4.69, 9.17) is 0 Å². The van der Waals surface area contributed by atoms with Gasteiger partial charge in [0.1, 0.15) is 0 Å². The Hall–Kier alpha value is -3.34. The first kappa shape index (κ1) is 16.6. The van der Waals surface area contributed by atoms with Crippen molar-refractivity contribution < 1.29 is 9.59 Å². The van der Waals surface area contributed by atoms with Crippen molar-refractivity contribution in [2.24, 2.45) is 5.92 Å². The molecule has 5 nitrogen and oxygen atoms in total. The minimum absolute atomic E-state index is 0.169. The van der Waals surface area contributed by atoms with Gasteiger partial charge in [-0.2, -0.15) is 0 Å². The van der Waals surface area contributed by atoms with Gasteiger partial charge in [-0.1, -0.05) is 36.4 Å². The van der Waals surface area contributed by atoms with Crippen LogP contribution < -0.4 is 5.32 Å². The molecule has 0 saturated carbocycles. The molecule has 144 valence electrons. The summed E-state index contributed by atoms with van der Waals surface area (Å²) in [5.74, 6) is -1.23. The number of hydrogen-bond donors (Lipinski definition) is 2. The molecule has 0 spiro atoms. The molecule has 2 amide bonds. The smallest absolute Gasteiger partial charge is 0.235 e. The fourth-order valence-corrected chi connectivity index (χ4v) is 5.28. The van der Waals surface area contributed by atoms with Crippen molar-refractivity contribution in [1.29, 1.82) is 0 Å². The van der Waals surface area contributed by atoms with Gasteiger partial charge in [-0.3, -0.25) is 14.9 Å². The lowest BCUT2D eigenvalue weighted by molar-refractivity contribution is -0.125. The summed E-state index contributed by atoms with van der Waals surface area (Å²) in [7, 11) is 0. The van der Waals surface area contributed by atoms with Gasteiger partial charge in [0.05, 0.1) is 17.4 Å². The Bertz CT molecular complexity index is 1300. The standard InChI is InChI=1S/C24H21N3O2/c28-23-18(11-15-13-27-10-4-6-14-5-3-8-16(15)22(14)27)21(24(29)26-23)19-12-25-20-9-2-1-7-17(19)20/h1-3,5,7-9,12-13,18,21,25H,4,6,10-11H2,(H,26,28,29)/t18-,21+/m0/s1. The predicted octanol–water partition coefficient (Wildman–Crippen LogP) is 3.67. The lowest BCUT2D eigenvalue weighted by Gasteiger charge is -2.15. The van der Waals surface area contributed by atoms with Crippen molar-refractivity contribution in [1.82, 2.24) is 14.9 Å². The third-order valence-electron chi connectivity index (χ3n) is 6.57. The molecular formula is C24H21N3O2. The highest BCUT2D eigenvalue weighted by Crippen LogP contribution is 2.38. The Morgan fingerprint density at radius 3 is 2.79 bits per heavy atom. The summed E-state index contributed by atoms with van der Waals surface area (Å²) in [6.07, 6.45) is 6.88. The van der Waals surface area contributed by atoms with Gasteiger partial charge in [0.15, 0.2) is 0 Å². The van der Waals surface area contributed by atoms with Crippen LogP contribution in [0.4, 0.5) is 0 Å². The number of carbonyl (C=O) groups is 2. The maximum absolute atomic E-state index is 12.8. The van der Waals surface area contributed by atoms with E-state index < -0.39 is 11.8 Å². The second-order valence-corrected chi connectivity index (χ2v) is 8.20. The van der Waals surface area contributed by atoms with Crippen LogP contribution in [0.2, 0.25) is 0 Å². The molecule has 4 heterocycles. The van der Waals surface area contributed by atoms with Gasteiger partial charge in [-0.25, -0.2) is 0 Å². The number of rotatable bonds is 3. The SMILES string of the molecule is O=C1NC(=O)[C@@H](c2c[nH]c3ccccc23)[C@@H]1Cc1cn2c3c(cccc13)CCC2. The molecule has 6 rings (SSSR count). The molecule has 2 N–H and O–H groups in total. The molecule has 1 saturated heterocycles. The predicted molar refractivity (Wildman–Crippen MR) is 112 cm³/mol. The van der Waals surface area contributed by atoms with E-state index in [0.717, 1.165) is 41.4 Å². The highest BCUT2D eigenvalue weighted by molar-refractivity contribution is 6.09. The summed E-state index contributed by atoms with van der Waals surface area (Å²) in [5.41, 5.74) is 5.72. The second kappa shape index (κ2) is 6.08. The minimum atomic E-state index is -0.467. The van der Waals surface area contributed by atoms with E-state index in [2.05, 4.69) is 39.3 Å². The van der Waals surface area contributed by atoms with Gasteiger partial charge in [0.25, 0.3) is 0 Å². The van der Waals surface area contributed by atoms with E-state index >= 15 is 0 Å². The minimum Gasteiger partial charge on any atom is -0.361 e. The van der Waals surface area contributed by atoms with E-state index in [-0.39, 0.29) is 11.8 Å². The molecule has 0 radical (unpaired) electrons. The molecule has 0 bridgehead atoms. The monoisotopic (exact) mass is 383 g/mol. The third kappa shape index (κ3) is 2.40. The first-order chi connectivity index (χ1) is 14.2. The molecule has 29 heavy (non-hydrogen) atoms. The van der Waals surface area contributed by atoms with Crippen LogP contribution in [0, 0.1) is 5.92 Å². The van der Waals surface area contributed by atoms with E-state index in [9.17, 15) is 9.59 Å². The highest BCUT2D eigenvalue weighted by atomic mass is 16.2. The van der Waals surface area contributed by atoms with Crippen molar-refractivity contribution in [3.63, 3.8) is 0 Å². The number of nitrogens with one attached hydrogen (secondary N) is 2. The quantitative estimate of drug-likeness (QED) is 0.530. The summed E-state index contributed by atoms with van der Waals surface area (Å²) in [6, 6.07) is 14.4. The van der Waals surface area contributed by atoms with Crippen LogP contribution >= 0.6 is 0 Å². The average molecular weight is 383 g/mol. The molecule has 0 aliphatic carbocycles. The number of carbonyl (C=O) groups excluding carboxylic acids is 2. The van der Waals surface area contributed by atoms with Crippen molar-refractivity contribution in [2.75, 3.05) is 0 Å². The molecule has 0 unspecified atom stereocenters. The van der Waals surface area contributed by atoms with Crippen molar-refractivity contribution >= 4 is 33.6 Å². The largest absolute Gasteiger partial charge is 0.361 e. The fraction of sp³-hybridized carbons (Fsp3) is 0.250. The number of H-pyrrole nitrogens is 1. The topological polar surface area (TPSA) is 66.9 Å². The number of para-hydroxylation sites is 2. The van der Waals surface area contributed by atoms with Crippen LogP contribution in [-0.4, -0.2) is 21.4 Å². The molecule has 2 aromatic heterocycles. The summed E-state index contributed by atoms with van der Waals surface area (Å²) >= 11 is 0. The van der Waals surface area contributed by atoms with Gasteiger partial charge >= 0.3 is 0 Å². The van der Waals surface area contributed by atoms with Crippen molar-refractivity contribution in [2.45, 2.75) is 31.7 Å². The number of hydrogen-bond acceptors (Lipinski definition) is 2. The Labute approximate surface area is 167 Å². The zero-order chi connectivity index (χ0) is 19.5. The van der Waals surface area contributed by atoms with Crippen molar-refractivity contribution in [3.8, 4) is 0 Å². The van der Waals surface area contributed by atoms with Gasteiger partial charge in [-0.15, -0.1) is 0 Å². The zero-order valence-corrected chi connectivity index (χ0v) is 15.9. The van der Waals surface area contributed by atoms with E-state index in [1.165, 1.54) is 16.5 Å². The molecule has 2 aromatic carbocycles. The Balaban J connectivity index is 1.45. The molecular weight excluding hydrogens is 362 g/mol. The maximum Gasteiger partial charge on any atom is 0.235 e. The Morgan fingerprint density at radius 1 is 1.00 bits per heavy atom. The maximum atomic E-state index is 12.8. The van der Waals surface area contributed by atoms with Gasteiger partial charge in [0.2, 0.25) is 11.8 Å². The number of imide groups is 1. The Morgan fingerprint density at radius 2 is 1.86 bits per heavy atom. The lowest BCUT2D eigenvalue weighted by atomic mass is 9.83. The number of nitrogens with zero attached hydrogens (tertiary/aromatic N) is 1. The first-order valence-corrected chi connectivity index (χ1v) is 10.2. The molecule has 2 aliphatic rings. The van der Waals surface area contributed by atoms with E-state index in [1.54, 1.807) is 0 Å². The third-order valence-corrected chi connectivity index (χ3v) is 6.57. The number of amides is 2. The highest BCUT2D eigenvalue weighted by Gasteiger charge is 2.43. The van der Waals surface area contributed by atoms with Crippen LogP contribution in [0.1, 0.15) is 29.0 Å². The van der Waals surface area contributed by atoms with Gasteiger partial charge in [0, 0.05) is 35.2 Å². The Kier molecular flexibility index (Phi) is 3.48. The normalized spacial score (nSPS) is 21.2. The first-order valence-electron chi connectivity index (χ1n) is 10.2. The summed E-state index contributed by atoms with van der Waals surface area (Å²) in [4.78, 5) is 28.8. The number of aromatic nitrogens is 2. The average Bonchev–Trinajstić information content (AvgIpc) is 3.38. The van der Waals surface area contributed by atoms with E-state index in [0.29, 0.717) is 6.42 Å². The van der Waals surface area contributed by atoms with Crippen molar-refractivity contribution in [3.05, 3.63) is 71.5 Å². The number of fused-ring (bicyclic) bond motifs is 1. The molecule has 2 atom stereocenters. The fourth-order valence-electron chi connectivity index (χ4n) is 5.28. The van der Waals surface area contributed by atoms with Crippen LogP contribution in [0.3, 0.4) is 0 Å². The summed E-state index contributed by atoms with van der Waals surface area (Å²) in [5, 5.41) is 4.81. The lowest BCUT2D eigenvalue weighted by Crippen LogP contribution is -2.22. The summed E-state index contributed by atoms with van der Waals surface area (Å²) in [6.45, 7) is 1.01. The number of aromatic amines is 1. The number of benzene rings is 2. The summed E-state index contributed by atoms with van der Waals surface area (Å²) < 4.78 is 2.32. The number of aryl methyl sites for hydroxylation is 2. The van der Waals surface area contributed by atoms with Crippen LogP contribution in [0.25, 0.3) is 21.8 Å². The molecule has 2 aliphatic heterocycles. The van der Waals surface area contributed by atoms with Crippen LogP contribution in [0.15, 0.2) is 54.9 Å². The van der Waals surface area contributed by atoms with Gasteiger partial charge in [-0.05, 0) is 42.0 Å². The second-order valence-electron chi connectivity index (χ2n) is 8.20. The molecule has 1 fully saturated rings. The van der Waals surface area contributed by atoms with Crippen LogP contribution in [0.5, 0.6) is 0 Å². The molecule has 5 heteroatoms.